The number of benzene rings is 1. The fraction of sp³-hybridized carbons (Fsp3) is 0.444. The van der Waals surface area contributed by atoms with E-state index in [1.807, 2.05) is 24.1 Å². The van der Waals surface area contributed by atoms with Gasteiger partial charge in [0.15, 0.2) is 0 Å². The Hall–Kier alpha value is -1.98. The normalized spacial score (nSPS) is 20.6. The largest absolute Gasteiger partial charge is 0.480 e. The number of likely N-dealkylation sites (N-methyl/N-ethyl adjacent to an activating group) is 1. The average molecular weight is 313 g/mol. The molecule has 0 radical (unpaired) electrons. The van der Waals surface area contributed by atoms with Gasteiger partial charge in [-0.1, -0.05) is 19.1 Å². The van der Waals surface area contributed by atoms with Crippen molar-refractivity contribution >= 4 is 16.9 Å². The first-order valence-corrected chi connectivity index (χ1v) is 8.18. The molecule has 1 heterocycles. The Morgan fingerprint density at radius 1 is 1.39 bits per heavy atom. The van der Waals surface area contributed by atoms with Crippen molar-refractivity contribution in [3.05, 3.63) is 42.1 Å². The van der Waals surface area contributed by atoms with E-state index in [9.17, 15) is 4.79 Å². The topological polar surface area (TPSA) is 65.5 Å². The summed E-state index contributed by atoms with van der Waals surface area (Å²) in [5.74, 6) is -0.743. The molecular formula is C18H23N3O2. The molecule has 1 aromatic carbocycles. The molecule has 0 saturated heterocycles. The van der Waals surface area contributed by atoms with Crippen LogP contribution in [0, 0.1) is 0 Å². The summed E-state index contributed by atoms with van der Waals surface area (Å²) < 4.78 is 0. The first-order valence-electron chi connectivity index (χ1n) is 8.18. The summed E-state index contributed by atoms with van der Waals surface area (Å²) in [6.45, 7) is 3.80. The van der Waals surface area contributed by atoms with E-state index in [2.05, 4.69) is 34.6 Å². The van der Waals surface area contributed by atoms with Crippen molar-refractivity contribution in [2.45, 2.75) is 38.4 Å². The van der Waals surface area contributed by atoms with Gasteiger partial charge in [0.25, 0.3) is 0 Å². The van der Waals surface area contributed by atoms with Crippen molar-refractivity contribution < 1.29 is 9.90 Å². The molecule has 0 bridgehead atoms. The summed E-state index contributed by atoms with van der Waals surface area (Å²) in [6.07, 6.45) is 3.86. The molecule has 0 amide bonds. The van der Waals surface area contributed by atoms with Crippen molar-refractivity contribution in [2.75, 3.05) is 13.1 Å². The predicted molar refractivity (Wildman–Crippen MR) is 90.3 cm³/mol. The number of fused-ring (bicyclic) bond motifs is 1. The third-order valence-corrected chi connectivity index (χ3v) is 4.64. The van der Waals surface area contributed by atoms with E-state index in [4.69, 9.17) is 5.11 Å². The van der Waals surface area contributed by atoms with Crippen molar-refractivity contribution in [3.8, 4) is 0 Å². The van der Waals surface area contributed by atoms with Crippen LogP contribution in [0.3, 0.4) is 0 Å². The van der Waals surface area contributed by atoms with Crippen LogP contribution in [0.25, 0.3) is 10.9 Å². The van der Waals surface area contributed by atoms with E-state index in [-0.39, 0.29) is 6.54 Å². The second-order valence-electron chi connectivity index (χ2n) is 6.19. The maximum Gasteiger partial charge on any atom is 0.317 e. The fourth-order valence-corrected chi connectivity index (χ4v) is 3.22. The lowest BCUT2D eigenvalue weighted by Crippen LogP contribution is -2.53. The number of aliphatic carboxylic acids is 1. The molecule has 1 fully saturated rings. The molecule has 3 rings (SSSR count). The molecule has 2 aromatic rings. The Balaban J connectivity index is 1.49. The first kappa shape index (κ1) is 15.9. The zero-order valence-electron chi connectivity index (χ0n) is 13.4. The molecule has 0 aliphatic heterocycles. The smallest absolute Gasteiger partial charge is 0.317 e. The minimum Gasteiger partial charge on any atom is -0.480 e. The lowest BCUT2D eigenvalue weighted by atomic mass is 9.85. The molecule has 122 valence electrons. The minimum absolute atomic E-state index is 0.144. The number of carboxylic acids is 1. The number of nitrogens with zero attached hydrogens (tertiary/aromatic N) is 2. The van der Waals surface area contributed by atoms with Crippen LogP contribution in [0.1, 0.15) is 25.3 Å². The van der Waals surface area contributed by atoms with Crippen LogP contribution in [-0.2, 0) is 11.3 Å². The minimum atomic E-state index is -0.743. The Morgan fingerprint density at radius 3 is 2.96 bits per heavy atom. The Bertz CT molecular complexity index is 683. The number of nitrogens with one attached hydrogen (secondary N) is 1. The standard InChI is InChI=1S/C18H23N3O2/c1-2-21(12-18(22)23)16-9-15(10-16)20-11-13-5-6-17-14(8-13)4-3-7-19-17/h3-8,15-16,20H,2,9-12H2,1H3,(H,22,23). The van der Waals surface area contributed by atoms with E-state index in [0.717, 1.165) is 36.8 Å². The molecule has 0 spiro atoms. The number of carbonyl (C=O) groups is 1. The van der Waals surface area contributed by atoms with Gasteiger partial charge in [0.05, 0.1) is 12.1 Å². The summed E-state index contributed by atoms with van der Waals surface area (Å²) in [4.78, 5) is 17.2. The van der Waals surface area contributed by atoms with Gasteiger partial charge < -0.3 is 10.4 Å². The van der Waals surface area contributed by atoms with E-state index in [1.165, 1.54) is 5.56 Å². The zero-order valence-corrected chi connectivity index (χ0v) is 13.4. The highest BCUT2D eigenvalue weighted by molar-refractivity contribution is 5.78. The van der Waals surface area contributed by atoms with Gasteiger partial charge in [-0.25, -0.2) is 0 Å². The molecule has 5 nitrogen and oxygen atoms in total. The second kappa shape index (κ2) is 7.06. The van der Waals surface area contributed by atoms with E-state index >= 15 is 0 Å². The summed E-state index contributed by atoms with van der Waals surface area (Å²) in [6, 6.07) is 11.3. The molecular weight excluding hydrogens is 290 g/mol. The summed E-state index contributed by atoms with van der Waals surface area (Å²) in [5, 5.41) is 13.7. The molecule has 23 heavy (non-hydrogen) atoms. The monoisotopic (exact) mass is 313 g/mol. The molecule has 2 N–H and O–H groups in total. The van der Waals surface area contributed by atoms with Crippen LogP contribution < -0.4 is 5.32 Å². The van der Waals surface area contributed by atoms with E-state index in [0.29, 0.717) is 12.1 Å². The van der Waals surface area contributed by atoms with Crippen LogP contribution in [0.4, 0.5) is 0 Å². The summed E-state index contributed by atoms with van der Waals surface area (Å²) in [7, 11) is 0. The average Bonchev–Trinajstić information content (AvgIpc) is 2.51. The number of pyridine rings is 1. The van der Waals surface area contributed by atoms with Crippen molar-refractivity contribution in [1.82, 2.24) is 15.2 Å². The number of hydrogen-bond acceptors (Lipinski definition) is 4. The quantitative estimate of drug-likeness (QED) is 0.821. The van der Waals surface area contributed by atoms with Crippen LogP contribution in [-0.4, -0.2) is 46.1 Å². The third kappa shape index (κ3) is 3.86. The van der Waals surface area contributed by atoms with Crippen LogP contribution in [0.5, 0.6) is 0 Å². The van der Waals surface area contributed by atoms with Gasteiger partial charge >= 0.3 is 5.97 Å². The Labute approximate surface area is 136 Å². The van der Waals surface area contributed by atoms with Crippen molar-refractivity contribution in [2.24, 2.45) is 0 Å². The number of hydrogen-bond donors (Lipinski definition) is 2. The van der Waals surface area contributed by atoms with Gasteiger partial charge in [0.2, 0.25) is 0 Å². The predicted octanol–water partition coefficient (Wildman–Crippen LogP) is 2.26. The van der Waals surface area contributed by atoms with Gasteiger partial charge in [0, 0.05) is 30.2 Å². The molecule has 0 atom stereocenters. The molecule has 1 aromatic heterocycles. The van der Waals surface area contributed by atoms with E-state index < -0.39 is 5.97 Å². The van der Waals surface area contributed by atoms with Gasteiger partial charge in [-0.05, 0) is 43.1 Å². The molecule has 1 aliphatic carbocycles. The third-order valence-electron chi connectivity index (χ3n) is 4.64. The van der Waals surface area contributed by atoms with Gasteiger partial charge in [-0.2, -0.15) is 0 Å². The number of carboxylic acid groups (broad SMARTS) is 1. The lowest BCUT2D eigenvalue weighted by molar-refractivity contribution is -0.139. The van der Waals surface area contributed by atoms with Gasteiger partial charge in [0.1, 0.15) is 0 Å². The van der Waals surface area contributed by atoms with Crippen LogP contribution in [0.2, 0.25) is 0 Å². The maximum atomic E-state index is 10.9. The van der Waals surface area contributed by atoms with E-state index in [1.54, 1.807) is 0 Å². The van der Waals surface area contributed by atoms with Gasteiger partial charge in [-0.15, -0.1) is 0 Å². The molecule has 5 heteroatoms. The first-order chi connectivity index (χ1) is 11.2. The summed E-state index contributed by atoms with van der Waals surface area (Å²) >= 11 is 0. The molecule has 1 aliphatic rings. The summed E-state index contributed by atoms with van der Waals surface area (Å²) in [5.41, 5.74) is 2.28. The van der Waals surface area contributed by atoms with Crippen LogP contribution in [0.15, 0.2) is 36.5 Å². The second-order valence-corrected chi connectivity index (χ2v) is 6.19. The maximum absolute atomic E-state index is 10.9. The fourth-order valence-electron chi connectivity index (χ4n) is 3.22. The van der Waals surface area contributed by atoms with Gasteiger partial charge in [-0.3, -0.25) is 14.7 Å². The highest BCUT2D eigenvalue weighted by Gasteiger charge is 2.33. The number of rotatable bonds is 7. The zero-order chi connectivity index (χ0) is 16.2. The van der Waals surface area contributed by atoms with Crippen molar-refractivity contribution in [3.63, 3.8) is 0 Å². The molecule has 1 saturated carbocycles. The van der Waals surface area contributed by atoms with Crippen molar-refractivity contribution in [1.29, 1.82) is 0 Å². The highest BCUT2D eigenvalue weighted by Crippen LogP contribution is 2.26. The highest BCUT2D eigenvalue weighted by atomic mass is 16.4. The molecule has 0 unspecified atom stereocenters. The number of aromatic nitrogens is 1. The van der Waals surface area contributed by atoms with Crippen LogP contribution >= 0.6 is 0 Å². The Kier molecular flexibility index (Phi) is 4.88. The Morgan fingerprint density at radius 2 is 2.22 bits per heavy atom. The lowest BCUT2D eigenvalue weighted by Gasteiger charge is -2.42. The SMILES string of the molecule is CCN(CC(=O)O)C1CC(NCc2ccc3ncccc3c2)C1.